The van der Waals surface area contributed by atoms with E-state index >= 15 is 0 Å². The number of nitrogens with one attached hydrogen (secondary N) is 3. The summed E-state index contributed by atoms with van der Waals surface area (Å²) in [5, 5.41) is 7.24. The number of para-hydroxylation sites is 1. The monoisotopic (exact) mass is 340 g/mol. The largest absolute Gasteiger partial charge is 0.390 e. The topological polar surface area (TPSA) is 52.2 Å². The lowest BCUT2D eigenvalue weighted by atomic mass is 10.1. The Kier molecular flexibility index (Phi) is 6.11. The minimum Gasteiger partial charge on any atom is -0.358 e. The Morgan fingerprint density at radius 1 is 1.21 bits per heavy atom. The van der Waals surface area contributed by atoms with Gasteiger partial charge in [-0.2, -0.15) is 13.2 Å². The summed E-state index contributed by atoms with van der Waals surface area (Å²) in [5.74, 6) is 0.416. The van der Waals surface area contributed by atoms with Gasteiger partial charge < -0.3 is 15.6 Å². The van der Waals surface area contributed by atoms with E-state index in [1.165, 1.54) is 10.9 Å². The van der Waals surface area contributed by atoms with E-state index in [0.717, 1.165) is 17.6 Å². The predicted molar refractivity (Wildman–Crippen MR) is 91.4 cm³/mol. The van der Waals surface area contributed by atoms with Crippen LogP contribution in [-0.4, -0.2) is 36.8 Å². The Labute approximate surface area is 139 Å². The summed E-state index contributed by atoms with van der Waals surface area (Å²) in [6.07, 6.45) is -4.33. The SMILES string of the molecule is CCNC(=NCCC(F)(F)F)NCCc1c(C)[nH]c2ccccc12. The summed E-state index contributed by atoms with van der Waals surface area (Å²) < 4.78 is 36.6. The van der Waals surface area contributed by atoms with Crippen molar-refractivity contribution >= 4 is 16.9 Å². The zero-order chi connectivity index (χ0) is 17.6. The third-order valence-electron chi connectivity index (χ3n) is 3.70. The van der Waals surface area contributed by atoms with Crippen LogP contribution in [0.15, 0.2) is 29.3 Å². The van der Waals surface area contributed by atoms with Crippen molar-refractivity contribution in [1.82, 2.24) is 15.6 Å². The highest BCUT2D eigenvalue weighted by Gasteiger charge is 2.26. The lowest BCUT2D eigenvalue weighted by Gasteiger charge is -2.12. The van der Waals surface area contributed by atoms with Crippen LogP contribution in [0.1, 0.15) is 24.6 Å². The van der Waals surface area contributed by atoms with Crippen LogP contribution in [0.4, 0.5) is 13.2 Å². The number of halogens is 3. The fraction of sp³-hybridized carbons (Fsp3) is 0.471. The van der Waals surface area contributed by atoms with Crippen molar-refractivity contribution in [2.24, 2.45) is 4.99 Å². The lowest BCUT2D eigenvalue weighted by Crippen LogP contribution is -2.38. The number of rotatable bonds is 6. The van der Waals surface area contributed by atoms with Gasteiger partial charge in [-0.1, -0.05) is 18.2 Å². The second-order valence-corrected chi connectivity index (χ2v) is 5.58. The average molecular weight is 340 g/mol. The maximum Gasteiger partial charge on any atom is 0.390 e. The van der Waals surface area contributed by atoms with E-state index in [-0.39, 0.29) is 6.54 Å². The van der Waals surface area contributed by atoms with Crippen LogP contribution in [-0.2, 0) is 6.42 Å². The molecule has 0 atom stereocenters. The Hall–Kier alpha value is -2.18. The molecule has 0 fully saturated rings. The van der Waals surface area contributed by atoms with E-state index in [4.69, 9.17) is 0 Å². The number of aromatic nitrogens is 1. The number of alkyl halides is 3. The van der Waals surface area contributed by atoms with Crippen LogP contribution >= 0.6 is 0 Å². The van der Waals surface area contributed by atoms with E-state index in [0.29, 0.717) is 19.0 Å². The molecule has 0 radical (unpaired) electrons. The normalized spacial score (nSPS) is 12.6. The number of H-pyrrole nitrogens is 1. The molecule has 2 rings (SSSR count). The molecule has 7 heteroatoms. The first-order chi connectivity index (χ1) is 11.4. The van der Waals surface area contributed by atoms with Gasteiger partial charge in [0.25, 0.3) is 0 Å². The number of guanidine groups is 1. The standard InChI is InChI=1S/C17H23F3N4/c1-3-21-16(23-11-9-17(18,19)20)22-10-8-13-12(2)24-15-7-5-4-6-14(13)15/h4-7,24H,3,8-11H2,1-2H3,(H2,21,22,23). The molecule has 0 saturated carbocycles. The highest BCUT2D eigenvalue weighted by molar-refractivity contribution is 5.84. The van der Waals surface area contributed by atoms with Gasteiger partial charge in [-0.3, -0.25) is 4.99 Å². The van der Waals surface area contributed by atoms with Gasteiger partial charge in [0.15, 0.2) is 5.96 Å². The number of nitrogens with zero attached hydrogens (tertiary/aromatic N) is 1. The number of benzene rings is 1. The van der Waals surface area contributed by atoms with Crippen LogP contribution < -0.4 is 10.6 Å². The molecule has 2 aromatic rings. The Bertz CT molecular complexity index is 689. The number of aromatic amines is 1. The number of aryl methyl sites for hydroxylation is 1. The number of fused-ring (bicyclic) bond motifs is 1. The molecule has 0 bridgehead atoms. The van der Waals surface area contributed by atoms with Crippen LogP contribution in [0.25, 0.3) is 10.9 Å². The molecule has 1 aromatic carbocycles. The first-order valence-corrected chi connectivity index (χ1v) is 8.06. The van der Waals surface area contributed by atoms with Crippen LogP contribution in [0, 0.1) is 6.92 Å². The highest BCUT2D eigenvalue weighted by Crippen LogP contribution is 2.22. The third-order valence-corrected chi connectivity index (χ3v) is 3.70. The quantitative estimate of drug-likeness (QED) is 0.557. The molecule has 0 aliphatic rings. The van der Waals surface area contributed by atoms with Crippen LogP contribution in [0.5, 0.6) is 0 Å². The van der Waals surface area contributed by atoms with Crippen molar-refractivity contribution in [2.45, 2.75) is 32.9 Å². The smallest absolute Gasteiger partial charge is 0.358 e. The van der Waals surface area contributed by atoms with Gasteiger partial charge in [0, 0.05) is 29.7 Å². The third kappa shape index (κ3) is 5.18. The molecule has 0 amide bonds. The fourth-order valence-electron chi connectivity index (χ4n) is 2.60. The van der Waals surface area contributed by atoms with E-state index in [1.807, 2.05) is 32.0 Å². The van der Waals surface area contributed by atoms with Crippen molar-refractivity contribution in [3.63, 3.8) is 0 Å². The predicted octanol–water partition coefficient (Wildman–Crippen LogP) is 3.53. The first kappa shape index (κ1) is 18.2. The van der Waals surface area contributed by atoms with Crippen molar-refractivity contribution in [1.29, 1.82) is 0 Å². The summed E-state index contributed by atoms with van der Waals surface area (Å²) >= 11 is 0. The Balaban J connectivity index is 1.94. The van der Waals surface area contributed by atoms with E-state index in [2.05, 4.69) is 26.7 Å². The molecule has 4 nitrogen and oxygen atoms in total. The molecular weight excluding hydrogens is 317 g/mol. The molecule has 24 heavy (non-hydrogen) atoms. The van der Waals surface area contributed by atoms with Gasteiger partial charge in [0.2, 0.25) is 0 Å². The molecule has 1 heterocycles. The first-order valence-electron chi connectivity index (χ1n) is 8.06. The van der Waals surface area contributed by atoms with E-state index in [9.17, 15) is 13.2 Å². The summed E-state index contributed by atoms with van der Waals surface area (Å²) in [7, 11) is 0. The average Bonchev–Trinajstić information content (AvgIpc) is 2.82. The summed E-state index contributed by atoms with van der Waals surface area (Å²) in [6.45, 7) is 4.83. The van der Waals surface area contributed by atoms with Crippen LogP contribution in [0.3, 0.4) is 0 Å². The van der Waals surface area contributed by atoms with Crippen molar-refractivity contribution < 1.29 is 13.2 Å². The van der Waals surface area contributed by atoms with Gasteiger partial charge in [-0.15, -0.1) is 0 Å². The second-order valence-electron chi connectivity index (χ2n) is 5.58. The highest BCUT2D eigenvalue weighted by atomic mass is 19.4. The Morgan fingerprint density at radius 3 is 2.67 bits per heavy atom. The molecule has 0 saturated heterocycles. The van der Waals surface area contributed by atoms with Gasteiger partial charge in [0.05, 0.1) is 13.0 Å². The molecule has 1 aromatic heterocycles. The van der Waals surface area contributed by atoms with E-state index < -0.39 is 12.6 Å². The molecule has 3 N–H and O–H groups in total. The minimum atomic E-state index is -4.18. The van der Waals surface area contributed by atoms with Gasteiger partial charge in [0.1, 0.15) is 0 Å². The fourth-order valence-corrected chi connectivity index (χ4v) is 2.60. The maximum absolute atomic E-state index is 12.2. The molecule has 132 valence electrons. The number of aliphatic imine (C=N–C) groups is 1. The molecule has 0 unspecified atom stereocenters. The summed E-state index contributed by atoms with van der Waals surface area (Å²) in [4.78, 5) is 7.31. The van der Waals surface area contributed by atoms with Crippen molar-refractivity contribution in [3.8, 4) is 0 Å². The lowest BCUT2D eigenvalue weighted by molar-refractivity contribution is -0.132. The van der Waals surface area contributed by atoms with Crippen molar-refractivity contribution in [3.05, 3.63) is 35.5 Å². The zero-order valence-electron chi connectivity index (χ0n) is 13.9. The van der Waals surface area contributed by atoms with Gasteiger partial charge in [-0.25, -0.2) is 0 Å². The molecule has 0 aliphatic carbocycles. The van der Waals surface area contributed by atoms with E-state index in [1.54, 1.807) is 0 Å². The zero-order valence-corrected chi connectivity index (χ0v) is 13.9. The molecular formula is C17H23F3N4. The maximum atomic E-state index is 12.2. The van der Waals surface area contributed by atoms with Gasteiger partial charge in [-0.05, 0) is 31.9 Å². The van der Waals surface area contributed by atoms with Crippen LogP contribution in [0.2, 0.25) is 0 Å². The Morgan fingerprint density at radius 2 is 1.96 bits per heavy atom. The number of hydrogen-bond donors (Lipinski definition) is 3. The molecule has 0 aliphatic heterocycles. The number of hydrogen-bond acceptors (Lipinski definition) is 1. The molecule has 0 spiro atoms. The minimum absolute atomic E-state index is 0.273. The second kappa shape index (κ2) is 8.08. The summed E-state index contributed by atoms with van der Waals surface area (Å²) in [5.41, 5.74) is 3.41. The van der Waals surface area contributed by atoms with Gasteiger partial charge >= 0.3 is 6.18 Å². The summed E-state index contributed by atoms with van der Waals surface area (Å²) in [6, 6.07) is 8.07. The van der Waals surface area contributed by atoms with Crippen molar-refractivity contribution in [2.75, 3.05) is 19.6 Å².